The first-order valence-corrected chi connectivity index (χ1v) is 5.92. The molecule has 1 N–H and O–H groups in total. The smallest absolute Gasteiger partial charge is 0.310 e. The standard InChI is InChI=1S/C15H18O2/c1-15(2,3)13-7-6-10-8-12(14(16)17)5-4-11(10)9-13/h4-7,9,12H,8H2,1-3H3,(H,16,17). The van der Waals surface area contributed by atoms with Gasteiger partial charge in [-0.3, -0.25) is 4.79 Å². The molecule has 0 spiro atoms. The third-order valence-electron chi connectivity index (χ3n) is 3.28. The van der Waals surface area contributed by atoms with Crippen LogP contribution in [-0.2, 0) is 16.6 Å². The molecule has 0 aliphatic heterocycles. The number of rotatable bonds is 1. The van der Waals surface area contributed by atoms with Gasteiger partial charge in [-0.05, 0) is 28.5 Å². The average Bonchev–Trinajstić information content (AvgIpc) is 2.26. The maximum Gasteiger partial charge on any atom is 0.310 e. The van der Waals surface area contributed by atoms with E-state index in [2.05, 4.69) is 39.0 Å². The molecule has 1 atom stereocenters. The summed E-state index contributed by atoms with van der Waals surface area (Å²) in [6, 6.07) is 6.34. The van der Waals surface area contributed by atoms with Gasteiger partial charge in [0.1, 0.15) is 0 Å². The van der Waals surface area contributed by atoms with Gasteiger partial charge in [-0.1, -0.05) is 51.1 Å². The summed E-state index contributed by atoms with van der Waals surface area (Å²) < 4.78 is 0. The topological polar surface area (TPSA) is 37.3 Å². The lowest BCUT2D eigenvalue weighted by Gasteiger charge is -2.23. The molecule has 1 aromatic rings. The maximum atomic E-state index is 10.9. The fourth-order valence-corrected chi connectivity index (χ4v) is 2.10. The van der Waals surface area contributed by atoms with Crippen LogP contribution in [0.4, 0.5) is 0 Å². The van der Waals surface area contributed by atoms with Gasteiger partial charge in [0.15, 0.2) is 0 Å². The van der Waals surface area contributed by atoms with E-state index in [1.165, 1.54) is 5.56 Å². The second-order valence-corrected chi connectivity index (χ2v) is 5.67. The van der Waals surface area contributed by atoms with Gasteiger partial charge in [0.25, 0.3) is 0 Å². The second-order valence-electron chi connectivity index (χ2n) is 5.67. The molecule has 0 saturated carbocycles. The minimum Gasteiger partial charge on any atom is -0.481 e. The molecule has 2 rings (SSSR count). The predicted octanol–water partition coefficient (Wildman–Crippen LogP) is 3.25. The molecular weight excluding hydrogens is 212 g/mol. The molecule has 1 aromatic carbocycles. The number of aliphatic carboxylic acids is 1. The van der Waals surface area contributed by atoms with Crippen LogP contribution in [0.5, 0.6) is 0 Å². The Morgan fingerprint density at radius 1 is 1.35 bits per heavy atom. The van der Waals surface area contributed by atoms with Crippen molar-refractivity contribution in [2.24, 2.45) is 5.92 Å². The Balaban J connectivity index is 2.36. The molecule has 0 fully saturated rings. The van der Waals surface area contributed by atoms with Crippen molar-refractivity contribution in [2.75, 3.05) is 0 Å². The van der Waals surface area contributed by atoms with E-state index in [-0.39, 0.29) is 11.3 Å². The zero-order chi connectivity index (χ0) is 12.6. The molecule has 0 heterocycles. The van der Waals surface area contributed by atoms with Gasteiger partial charge in [-0.2, -0.15) is 0 Å². The number of fused-ring (bicyclic) bond motifs is 1. The van der Waals surface area contributed by atoms with Crippen molar-refractivity contribution >= 4 is 12.0 Å². The molecule has 0 radical (unpaired) electrons. The molecule has 17 heavy (non-hydrogen) atoms. The van der Waals surface area contributed by atoms with Crippen LogP contribution in [0, 0.1) is 5.92 Å². The van der Waals surface area contributed by atoms with Crippen LogP contribution in [0.15, 0.2) is 24.3 Å². The van der Waals surface area contributed by atoms with E-state index >= 15 is 0 Å². The predicted molar refractivity (Wildman–Crippen MR) is 69.0 cm³/mol. The van der Waals surface area contributed by atoms with Gasteiger partial charge in [-0.25, -0.2) is 0 Å². The Morgan fingerprint density at radius 3 is 2.65 bits per heavy atom. The van der Waals surface area contributed by atoms with Crippen LogP contribution >= 0.6 is 0 Å². The highest BCUT2D eigenvalue weighted by atomic mass is 16.4. The molecule has 0 bridgehead atoms. The number of hydrogen-bond donors (Lipinski definition) is 1. The summed E-state index contributed by atoms with van der Waals surface area (Å²) in [5, 5.41) is 9.00. The third kappa shape index (κ3) is 2.41. The Bertz CT molecular complexity index is 478. The Morgan fingerprint density at radius 2 is 2.06 bits per heavy atom. The van der Waals surface area contributed by atoms with E-state index in [1.807, 2.05) is 6.08 Å². The van der Waals surface area contributed by atoms with Crippen molar-refractivity contribution in [1.29, 1.82) is 0 Å². The van der Waals surface area contributed by atoms with Crippen molar-refractivity contribution in [3.63, 3.8) is 0 Å². The zero-order valence-corrected chi connectivity index (χ0v) is 10.5. The quantitative estimate of drug-likeness (QED) is 0.804. The minimum absolute atomic E-state index is 0.131. The highest BCUT2D eigenvalue weighted by Gasteiger charge is 2.21. The zero-order valence-electron chi connectivity index (χ0n) is 10.5. The molecule has 1 aliphatic carbocycles. The molecule has 2 heteroatoms. The van der Waals surface area contributed by atoms with E-state index in [0.717, 1.165) is 11.1 Å². The van der Waals surface area contributed by atoms with Crippen molar-refractivity contribution < 1.29 is 9.90 Å². The number of carboxylic acid groups (broad SMARTS) is 1. The minimum atomic E-state index is -0.744. The molecule has 0 aromatic heterocycles. The fraction of sp³-hybridized carbons (Fsp3) is 0.400. The van der Waals surface area contributed by atoms with Crippen molar-refractivity contribution in [1.82, 2.24) is 0 Å². The molecular formula is C15H18O2. The average molecular weight is 230 g/mol. The maximum absolute atomic E-state index is 10.9. The van der Waals surface area contributed by atoms with Gasteiger partial charge in [0.05, 0.1) is 5.92 Å². The lowest BCUT2D eigenvalue weighted by atomic mass is 9.82. The van der Waals surface area contributed by atoms with Gasteiger partial charge >= 0.3 is 5.97 Å². The highest BCUT2D eigenvalue weighted by molar-refractivity contribution is 5.76. The monoisotopic (exact) mass is 230 g/mol. The van der Waals surface area contributed by atoms with Crippen molar-refractivity contribution in [2.45, 2.75) is 32.6 Å². The summed E-state index contributed by atoms with van der Waals surface area (Å²) in [5.74, 6) is -1.12. The van der Waals surface area contributed by atoms with Crippen LogP contribution in [0.2, 0.25) is 0 Å². The Kier molecular flexibility index (Phi) is 2.82. The molecule has 0 saturated heterocycles. The summed E-state index contributed by atoms with van der Waals surface area (Å²) in [6.45, 7) is 6.55. The van der Waals surface area contributed by atoms with Gasteiger partial charge in [0.2, 0.25) is 0 Å². The summed E-state index contributed by atoms with van der Waals surface area (Å²) >= 11 is 0. The number of carbonyl (C=O) groups is 1. The lowest BCUT2D eigenvalue weighted by molar-refractivity contribution is -0.140. The van der Waals surface area contributed by atoms with Crippen LogP contribution in [-0.4, -0.2) is 11.1 Å². The van der Waals surface area contributed by atoms with Crippen molar-refractivity contribution in [3.05, 3.63) is 41.0 Å². The first-order chi connectivity index (χ1) is 7.88. The third-order valence-corrected chi connectivity index (χ3v) is 3.28. The first kappa shape index (κ1) is 11.9. The summed E-state index contributed by atoms with van der Waals surface area (Å²) in [4.78, 5) is 10.9. The van der Waals surface area contributed by atoms with E-state index in [9.17, 15) is 4.79 Å². The normalized spacial score (nSPS) is 18.9. The van der Waals surface area contributed by atoms with Crippen LogP contribution in [0.25, 0.3) is 6.08 Å². The highest BCUT2D eigenvalue weighted by Crippen LogP contribution is 2.29. The number of benzene rings is 1. The van der Waals surface area contributed by atoms with Gasteiger partial charge in [-0.15, -0.1) is 0 Å². The summed E-state index contributed by atoms with van der Waals surface area (Å²) in [5.41, 5.74) is 3.71. The summed E-state index contributed by atoms with van der Waals surface area (Å²) in [6.07, 6.45) is 4.33. The van der Waals surface area contributed by atoms with E-state index in [4.69, 9.17) is 5.11 Å². The largest absolute Gasteiger partial charge is 0.481 e. The fourth-order valence-electron chi connectivity index (χ4n) is 2.10. The van der Waals surface area contributed by atoms with E-state index < -0.39 is 5.97 Å². The number of hydrogen-bond acceptors (Lipinski definition) is 1. The second kappa shape index (κ2) is 4.02. The Hall–Kier alpha value is -1.57. The van der Waals surface area contributed by atoms with Gasteiger partial charge < -0.3 is 5.11 Å². The SMILES string of the molecule is CC(C)(C)c1ccc2c(c1)C=CC(C(=O)O)C2. The van der Waals surface area contributed by atoms with Crippen molar-refractivity contribution in [3.8, 4) is 0 Å². The van der Waals surface area contributed by atoms with Gasteiger partial charge in [0, 0.05) is 0 Å². The van der Waals surface area contributed by atoms with E-state index in [0.29, 0.717) is 6.42 Å². The first-order valence-electron chi connectivity index (χ1n) is 5.92. The lowest BCUT2D eigenvalue weighted by Crippen LogP contribution is -2.18. The molecule has 0 amide bonds. The molecule has 1 aliphatic rings. The molecule has 1 unspecified atom stereocenters. The van der Waals surface area contributed by atoms with Crippen LogP contribution < -0.4 is 0 Å². The summed E-state index contributed by atoms with van der Waals surface area (Å²) in [7, 11) is 0. The van der Waals surface area contributed by atoms with E-state index in [1.54, 1.807) is 6.08 Å². The van der Waals surface area contributed by atoms with Crippen LogP contribution in [0.3, 0.4) is 0 Å². The molecule has 90 valence electrons. The molecule has 2 nitrogen and oxygen atoms in total. The number of carboxylic acids is 1. The Labute approximate surface area is 102 Å². The van der Waals surface area contributed by atoms with Crippen LogP contribution in [0.1, 0.15) is 37.5 Å².